The summed E-state index contributed by atoms with van der Waals surface area (Å²) in [6, 6.07) is 17.7. The molecule has 0 aliphatic heterocycles. The molecule has 0 spiro atoms. The smallest absolute Gasteiger partial charge is 0.135 e. The van der Waals surface area contributed by atoms with Gasteiger partial charge in [0.05, 0.1) is 17.8 Å². The lowest BCUT2D eigenvalue weighted by molar-refractivity contribution is 0.669. The second kappa shape index (κ2) is 9.44. The Morgan fingerprint density at radius 1 is 0.372 bits per heavy atom. The molecular weight excluding hydrogens is 520 g/mol. The summed E-state index contributed by atoms with van der Waals surface area (Å²) < 4.78 is 122. The Kier molecular flexibility index (Phi) is 3.18. The molecule has 0 N–H and O–H groups in total. The van der Waals surface area contributed by atoms with Crippen LogP contribution in [0.4, 0.5) is 0 Å². The van der Waals surface area contributed by atoms with Gasteiger partial charge in [-0.3, -0.25) is 0 Å². The molecule has 8 aromatic carbocycles. The molecule has 0 radical (unpaired) electrons. The number of hydrogen-bond acceptors (Lipinski definition) is 1. The quantitative estimate of drug-likeness (QED) is 0.196. The molecule has 0 atom stereocenters. The zero-order chi connectivity index (χ0) is 39.6. The summed E-state index contributed by atoms with van der Waals surface area (Å²) in [6.07, 6.45) is 0. The molecule has 0 aliphatic rings. The number of benzene rings is 8. The summed E-state index contributed by atoms with van der Waals surface area (Å²) in [5, 5.41) is 1.59. The van der Waals surface area contributed by atoms with Gasteiger partial charge in [0, 0.05) is 10.8 Å². The minimum absolute atomic E-state index is 0.0254. The highest BCUT2D eigenvalue weighted by molar-refractivity contribution is 6.22. The summed E-state index contributed by atoms with van der Waals surface area (Å²) in [4.78, 5) is 0. The Labute approximate surface area is 267 Å². The first-order chi connectivity index (χ1) is 26.8. The van der Waals surface area contributed by atoms with E-state index in [9.17, 15) is 8.22 Å². The van der Waals surface area contributed by atoms with Crippen molar-refractivity contribution in [1.82, 2.24) is 0 Å². The van der Waals surface area contributed by atoms with E-state index in [2.05, 4.69) is 0 Å². The molecule has 0 unspecified atom stereocenters. The van der Waals surface area contributed by atoms with E-state index in [4.69, 9.17) is 14.0 Å². The zero-order valence-corrected chi connectivity index (χ0v) is 22.4. The summed E-state index contributed by atoms with van der Waals surface area (Å²) >= 11 is 0. The topological polar surface area (TPSA) is 13.1 Å². The van der Waals surface area contributed by atoms with Gasteiger partial charge in [0.15, 0.2) is 0 Å². The Balaban J connectivity index is 1.45. The fraction of sp³-hybridized carbons (Fsp3) is 0. The molecule has 43 heavy (non-hydrogen) atoms. The number of rotatable bonds is 3. The second-order valence-electron chi connectivity index (χ2n) is 10.2. The van der Waals surface area contributed by atoms with Gasteiger partial charge in [-0.25, -0.2) is 0 Å². The van der Waals surface area contributed by atoms with Gasteiger partial charge >= 0.3 is 0 Å². The molecule has 0 bridgehead atoms. The van der Waals surface area contributed by atoms with E-state index in [1.165, 1.54) is 0 Å². The van der Waals surface area contributed by atoms with Crippen LogP contribution in [0.3, 0.4) is 0 Å². The predicted octanol–water partition coefficient (Wildman–Crippen LogP) is 12.0. The SMILES string of the molecule is [2H]c1c(-c2ccccc2)c([2H])c2c(oc3c([2H])c([2H])c(-c4c5ccccc5c(-c5c([2H])c([2H])c6c([2H])c([2H])c([2H])c([2H])c6c5[2H])c5ccccc45)c([2H])c32)c1[2H]. The number of furan rings is 1. The van der Waals surface area contributed by atoms with E-state index < -0.39 is 36.3 Å². The van der Waals surface area contributed by atoms with E-state index in [0.29, 0.717) is 38.2 Å². The van der Waals surface area contributed by atoms with E-state index >= 15 is 0 Å². The van der Waals surface area contributed by atoms with Crippen LogP contribution in [0.25, 0.3) is 87.6 Å². The lowest BCUT2D eigenvalue weighted by Gasteiger charge is -2.18. The molecule has 1 nitrogen and oxygen atoms in total. The monoisotopic (exact) mass is 559 g/mol. The maximum atomic E-state index is 9.73. The van der Waals surface area contributed by atoms with Gasteiger partial charge in [0.2, 0.25) is 0 Å². The van der Waals surface area contributed by atoms with Gasteiger partial charge in [0.1, 0.15) is 11.2 Å². The van der Waals surface area contributed by atoms with Gasteiger partial charge in [-0.05, 0) is 95.9 Å². The Bertz CT molecular complexity index is 3170. The molecule has 9 rings (SSSR count). The van der Waals surface area contributed by atoms with Crippen molar-refractivity contribution in [1.29, 1.82) is 0 Å². The van der Waals surface area contributed by atoms with Crippen LogP contribution in [0.1, 0.15) is 17.8 Å². The number of hydrogen-bond donors (Lipinski definition) is 0. The van der Waals surface area contributed by atoms with Crippen LogP contribution in [0.15, 0.2) is 162 Å². The molecule has 0 fully saturated rings. The average molecular weight is 560 g/mol. The van der Waals surface area contributed by atoms with Gasteiger partial charge < -0.3 is 4.42 Å². The molecule has 1 heteroatoms. The molecule has 0 saturated heterocycles. The second-order valence-corrected chi connectivity index (χ2v) is 10.2. The van der Waals surface area contributed by atoms with Crippen molar-refractivity contribution in [3.63, 3.8) is 0 Å². The third-order valence-corrected chi connectivity index (χ3v) is 7.75. The van der Waals surface area contributed by atoms with Crippen LogP contribution >= 0.6 is 0 Å². The summed E-state index contributed by atoms with van der Waals surface area (Å²) in [5.41, 5.74) is 1.14. The van der Waals surface area contributed by atoms with E-state index in [0.717, 1.165) is 0 Å². The van der Waals surface area contributed by atoms with Crippen molar-refractivity contribution < 1.29 is 22.2 Å². The average Bonchev–Trinajstić information content (AvgIpc) is 3.62. The van der Waals surface area contributed by atoms with Gasteiger partial charge in [-0.2, -0.15) is 0 Å². The Morgan fingerprint density at radius 3 is 1.49 bits per heavy atom. The third kappa shape index (κ3) is 3.79. The highest BCUT2D eigenvalue weighted by atomic mass is 16.3. The van der Waals surface area contributed by atoms with E-state index in [1.807, 2.05) is 0 Å². The minimum Gasteiger partial charge on any atom is -0.456 e. The van der Waals surface area contributed by atoms with Crippen molar-refractivity contribution in [2.45, 2.75) is 0 Å². The Hall–Kier alpha value is -5.66. The highest BCUT2D eigenvalue weighted by Gasteiger charge is 2.18. The lowest BCUT2D eigenvalue weighted by Crippen LogP contribution is -1.91. The third-order valence-electron chi connectivity index (χ3n) is 7.75. The fourth-order valence-electron chi connectivity index (χ4n) is 5.84. The summed E-state index contributed by atoms with van der Waals surface area (Å²) in [6.45, 7) is 0. The van der Waals surface area contributed by atoms with Crippen molar-refractivity contribution in [3.05, 3.63) is 157 Å². The van der Waals surface area contributed by atoms with E-state index in [-0.39, 0.29) is 91.7 Å². The first-order valence-corrected chi connectivity index (χ1v) is 13.7. The van der Waals surface area contributed by atoms with Crippen molar-refractivity contribution in [2.24, 2.45) is 0 Å². The first-order valence-electron chi connectivity index (χ1n) is 20.2. The van der Waals surface area contributed by atoms with Crippen LogP contribution in [0.2, 0.25) is 0 Å². The standard InChI is InChI=1S/C42H26O/c1-2-10-27(11-3-1)30-20-22-39-37(25-30)38-26-32(21-23-40(38)43-39)42-35-16-8-6-14-33(35)41(34-15-7-9-17-36(34)42)31-19-18-28-12-4-5-13-29(28)24-31/h1-26H/i4D,5D,12D,13D,18D,19D,20D,21D,22D,23D,24D,25D,26D. The molecular formula is C42H26O. The van der Waals surface area contributed by atoms with Gasteiger partial charge in [-0.1, -0.05) is 127 Å². The largest absolute Gasteiger partial charge is 0.456 e. The molecule has 0 saturated carbocycles. The molecule has 200 valence electrons. The molecule has 0 amide bonds. The number of fused-ring (bicyclic) bond motifs is 6. The van der Waals surface area contributed by atoms with Crippen LogP contribution in [-0.2, 0) is 0 Å². The predicted molar refractivity (Wildman–Crippen MR) is 183 cm³/mol. The van der Waals surface area contributed by atoms with Crippen LogP contribution in [0.5, 0.6) is 0 Å². The lowest BCUT2D eigenvalue weighted by atomic mass is 9.85. The molecule has 0 aliphatic carbocycles. The summed E-state index contributed by atoms with van der Waals surface area (Å²) in [7, 11) is 0. The summed E-state index contributed by atoms with van der Waals surface area (Å²) in [5.74, 6) is 0. The Morgan fingerprint density at radius 2 is 0.860 bits per heavy atom. The maximum Gasteiger partial charge on any atom is 0.135 e. The van der Waals surface area contributed by atoms with E-state index in [1.54, 1.807) is 78.9 Å². The zero-order valence-electron chi connectivity index (χ0n) is 35.4. The van der Waals surface area contributed by atoms with Crippen LogP contribution in [-0.4, -0.2) is 0 Å². The first kappa shape index (κ1) is 14.5. The minimum atomic E-state index is -0.566. The molecule has 1 aromatic heterocycles. The fourth-order valence-corrected chi connectivity index (χ4v) is 5.84. The van der Waals surface area contributed by atoms with Gasteiger partial charge in [-0.15, -0.1) is 0 Å². The van der Waals surface area contributed by atoms with Crippen molar-refractivity contribution >= 4 is 54.3 Å². The van der Waals surface area contributed by atoms with Crippen molar-refractivity contribution in [3.8, 4) is 33.4 Å². The highest BCUT2D eigenvalue weighted by Crippen LogP contribution is 2.45. The van der Waals surface area contributed by atoms with Crippen molar-refractivity contribution in [2.75, 3.05) is 0 Å². The molecule has 9 aromatic rings. The normalized spacial score (nSPS) is 16.0. The van der Waals surface area contributed by atoms with Crippen LogP contribution in [0, 0.1) is 0 Å². The molecule has 1 heterocycles. The van der Waals surface area contributed by atoms with Crippen LogP contribution < -0.4 is 0 Å². The van der Waals surface area contributed by atoms with Gasteiger partial charge in [0.25, 0.3) is 0 Å². The maximum absolute atomic E-state index is 9.73.